The quantitative estimate of drug-likeness (QED) is 0.374. The molecule has 0 aromatic rings. The Morgan fingerprint density at radius 2 is 1.94 bits per heavy atom. The summed E-state index contributed by atoms with van der Waals surface area (Å²) in [6, 6.07) is 0. The van der Waals surface area contributed by atoms with Crippen LogP contribution in [0.2, 0.25) is 0 Å². The van der Waals surface area contributed by atoms with Gasteiger partial charge >= 0.3 is 0 Å². The molecule has 0 rings (SSSR count). The predicted octanol–water partition coefficient (Wildman–Crippen LogP) is 2.49. The van der Waals surface area contributed by atoms with E-state index in [2.05, 4.69) is 17.4 Å². The zero-order valence-electron chi connectivity index (χ0n) is 10.7. The summed E-state index contributed by atoms with van der Waals surface area (Å²) in [5, 5.41) is 6.36. The summed E-state index contributed by atoms with van der Waals surface area (Å²) in [5.41, 5.74) is 0.959. The van der Waals surface area contributed by atoms with Crippen LogP contribution >= 0.6 is 0 Å². The van der Waals surface area contributed by atoms with E-state index in [0.717, 1.165) is 18.6 Å². The fraction of sp³-hybridized carbons (Fsp3) is 0.833. The molecule has 0 atom stereocenters. The molecule has 1 N–H and O–H groups in total. The van der Waals surface area contributed by atoms with E-state index in [1.807, 2.05) is 6.92 Å². The Morgan fingerprint density at radius 1 is 1.25 bits per heavy atom. The fourth-order valence-electron chi connectivity index (χ4n) is 1.30. The van der Waals surface area contributed by atoms with Crippen LogP contribution in [0.3, 0.4) is 0 Å². The number of oxime groups is 1. The number of unbranched alkanes of at least 4 members (excludes halogenated alkanes) is 4. The predicted molar refractivity (Wildman–Crippen MR) is 66.5 cm³/mol. The van der Waals surface area contributed by atoms with Crippen LogP contribution in [0, 0.1) is 0 Å². The summed E-state index contributed by atoms with van der Waals surface area (Å²) in [4.78, 5) is 15.7. The Balaban J connectivity index is 3.44. The molecule has 0 aromatic carbocycles. The highest BCUT2D eigenvalue weighted by Crippen LogP contribution is 2.05. The zero-order valence-corrected chi connectivity index (χ0v) is 10.7. The first-order chi connectivity index (χ1) is 7.70. The van der Waals surface area contributed by atoms with Gasteiger partial charge in [-0.15, -0.1) is 0 Å². The van der Waals surface area contributed by atoms with Gasteiger partial charge in [-0.2, -0.15) is 0 Å². The van der Waals surface area contributed by atoms with Gasteiger partial charge in [0.15, 0.2) is 6.61 Å². The minimum atomic E-state index is -0.153. The first-order valence-electron chi connectivity index (χ1n) is 6.06. The monoisotopic (exact) mass is 228 g/mol. The van der Waals surface area contributed by atoms with Crippen molar-refractivity contribution in [1.82, 2.24) is 5.32 Å². The minimum absolute atomic E-state index is 0.00365. The van der Waals surface area contributed by atoms with Crippen LogP contribution < -0.4 is 5.32 Å². The second-order valence-electron chi connectivity index (χ2n) is 3.94. The first kappa shape index (κ1) is 14.9. The Hall–Kier alpha value is -1.06. The molecule has 16 heavy (non-hydrogen) atoms. The molecule has 4 heteroatoms. The van der Waals surface area contributed by atoms with Crippen LogP contribution in [-0.4, -0.2) is 25.3 Å². The molecule has 0 radical (unpaired) electrons. The number of hydrogen-bond donors (Lipinski definition) is 1. The third kappa shape index (κ3) is 9.49. The van der Waals surface area contributed by atoms with Gasteiger partial charge in [0.05, 0.1) is 5.71 Å². The van der Waals surface area contributed by atoms with Crippen LogP contribution in [0.5, 0.6) is 0 Å². The number of likely N-dealkylation sites (N-methyl/N-ethyl adjacent to an activating group) is 1. The van der Waals surface area contributed by atoms with Crippen LogP contribution in [-0.2, 0) is 9.63 Å². The average Bonchev–Trinajstić information content (AvgIpc) is 2.28. The van der Waals surface area contributed by atoms with Crippen molar-refractivity contribution in [3.63, 3.8) is 0 Å². The highest BCUT2D eigenvalue weighted by atomic mass is 16.6. The number of amides is 1. The molecule has 0 saturated heterocycles. The van der Waals surface area contributed by atoms with E-state index < -0.39 is 0 Å². The normalized spacial score (nSPS) is 11.3. The number of nitrogens with one attached hydrogen (secondary N) is 1. The third-order valence-corrected chi connectivity index (χ3v) is 2.34. The molecule has 0 aliphatic heterocycles. The molecular formula is C12H24N2O2. The lowest BCUT2D eigenvalue weighted by atomic mass is 10.1. The SMILES string of the molecule is CCCCCCCC(C)=NOCC(=O)NC. The smallest absolute Gasteiger partial charge is 0.260 e. The van der Waals surface area contributed by atoms with Crippen LogP contribution in [0.4, 0.5) is 0 Å². The highest BCUT2D eigenvalue weighted by molar-refractivity contribution is 5.81. The van der Waals surface area contributed by atoms with E-state index in [1.165, 1.54) is 25.7 Å². The van der Waals surface area contributed by atoms with Gasteiger partial charge in [0.25, 0.3) is 5.91 Å². The van der Waals surface area contributed by atoms with Crippen LogP contribution in [0.1, 0.15) is 52.4 Å². The maximum atomic E-state index is 10.8. The topological polar surface area (TPSA) is 50.7 Å². The van der Waals surface area contributed by atoms with Crippen molar-refractivity contribution in [2.75, 3.05) is 13.7 Å². The number of hydrogen-bond acceptors (Lipinski definition) is 3. The Kier molecular flexibility index (Phi) is 9.76. The van der Waals surface area contributed by atoms with Gasteiger partial charge in [0.1, 0.15) is 0 Å². The molecule has 0 saturated carbocycles. The fourth-order valence-corrected chi connectivity index (χ4v) is 1.30. The standard InChI is InChI=1S/C12H24N2O2/c1-4-5-6-7-8-9-11(2)14-16-10-12(15)13-3/h4-10H2,1-3H3,(H,13,15). The molecule has 4 nitrogen and oxygen atoms in total. The van der Waals surface area contributed by atoms with Crippen LogP contribution in [0.25, 0.3) is 0 Å². The molecule has 0 aliphatic carbocycles. The highest BCUT2D eigenvalue weighted by Gasteiger charge is 1.97. The summed E-state index contributed by atoms with van der Waals surface area (Å²) >= 11 is 0. The average molecular weight is 228 g/mol. The molecule has 0 spiro atoms. The van der Waals surface area contributed by atoms with Gasteiger partial charge in [-0.3, -0.25) is 4.79 Å². The van der Waals surface area contributed by atoms with Crippen molar-refractivity contribution >= 4 is 11.6 Å². The van der Waals surface area contributed by atoms with E-state index in [9.17, 15) is 4.79 Å². The largest absolute Gasteiger partial charge is 0.386 e. The lowest BCUT2D eigenvalue weighted by Crippen LogP contribution is -2.22. The molecule has 94 valence electrons. The summed E-state index contributed by atoms with van der Waals surface area (Å²) in [7, 11) is 1.58. The molecule has 1 amide bonds. The Morgan fingerprint density at radius 3 is 2.56 bits per heavy atom. The van der Waals surface area contributed by atoms with E-state index in [0.29, 0.717) is 0 Å². The lowest BCUT2D eigenvalue weighted by Gasteiger charge is -2.02. The molecule has 0 heterocycles. The van der Waals surface area contributed by atoms with Gasteiger partial charge in [-0.1, -0.05) is 37.8 Å². The van der Waals surface area contributed by atoms with Crippen LogP contribution in [0.15, 0.2) is 5.16 Å². The van der Waals surface area contributed by atoms with Gasteiger partial charge in [-0.05, 0) is 19.8 Å². The number of carbonyl (C=O) groups is 1. The van der Waals surface area contributed by atoms with Crippen molar-refractivity contribution in [1.29, 1.82) is 0 Å². The second kappa shape index (κ2) is 10.5. The first-order valence-corrected chi connectivity index (χ1v) is 6.06. The number of nitrogens with zero attached hydrogens (tertiary/aromatic N) is 1. The molecule has 0 aromatic heterocycles. The summed E-state index contributed by atoms with van der Waals surface area (Å²) < 4.78 is 0. The van der Waals surface area contributed by atoms with Crippen molar-refractivity contribution in [3.8, 4) is 0 Å². The minimum Gasteiger partial charge on any atom is -0.386 e. The maximum Gasteiger partial charge on any atom is 0.260 e. The van der Waals surface area contributed by atoms with Gasteiger partial charge in [0, 0.05) is 7.05 Å². The van der Waals surface area contributed by atoms with Gasteiger partial charge in [0.2, 0.25) is 0 Å². The lowest BCUT2D eigenvalue weighted by molar-refractivity contribution is -0.125. The second-order valence-corrected chi connectivity index (χ2v) is 3.94. The zero-order chi connectivity index (χ0) is 12.2. The Bertz CT molecular complexity index is 215. The molecule has 0 unspecified atom stereocenters. The number of rotatable bonds is 9. The third-order valence-electron chi connectivity index (χ3n) is 2.34. The van der Waals surface area contributed by atoms with Crippen molar-refractivity contribution in [3.05, 3.63) is 0 Å². The van der Waals surface area contributed by atoms with Gasteiger partial charge < -0.3 is 10.2 Å². The molecule has 0 aliphatic rings. The van der Waals surface area contributed by atoms with E-state index >= 15 is 0 Å². The van der Waals surface area contributed by atoms with E-state index in [4.69, 9.17) is 4.84 Å². The van der Waals surface area contributed by atoms with Crippen molar-refractivity contribution < 1.29 is 9.63 Å². The summed E-state index contributed by atoms with van der Waals surface area (Å²) in [5.74, 6) is -0.153. The summed E-state index contributed by atoms with van der Waals surface area (Å²) in [6.45, 7) is 4.15. The molecule has 0 bridgehead atoms. The van der Waals surface area contributed by atoms with E-state index in [1.54, 1.807) is 7.05 Å². The number of carbonyl (C=O) groups excluding carboxylic acids is 1. The molecule has 0 fully saturated rings. The van der Waals surface area contributed by atoms with Gasteiger partial charge in [-0.25, -0.2) is 0 Å². The Labute approximate surface area is 98.4 Å². The summed E-state index contributed by atoms with van der Waals surface area (Å²) in [6.07, 6.45) is 7.22. The van der Waals surface area contributed by atoms with Crippen molar-refractivity contribution in [2.45, 2.75) is 52.4 Å². The molecular weight excluding hydrogens is 204 g/mol. The van der Waals surface area contributed by atoms with E-state index in [-0.39, 0.29) is 12.5 Å². The maximum absolute atomic E-state index is 10.8. The van der Waals surface area contributed by atoms with Crippen molar-refractivity contribution in [2.24, 2.45) is 5.16 Å².